The van der Waals surface area contributed by atoms with Crippen molar-refractivity contribution in [1.29, 1.82) is 0 Å². The lowest BCUT2D eigenvalue weighted by molar-refractivity contribution is 0.102. The number of amides is 1. The maximum atomic E-state index is 13.3. The van der Waals surface area contributed by atoms with Gasteiger partial charge in [0.1, 0.15) is 0 Å². The largest absolute Gasteiger partial charge is 0.322 e. The van der Waals surface area contributed by atoms with Crippen LogP contribution in [0.5, 0.6) is 0 Å². The van der Waals surface area contributed by atoms with Crippen LogP contribution < -0.4 is 10.6 Å². The van der Waals surface area contributed by atoms with Crippen LogP contribution in [0.15, 0.2) is 42.6 Å². The zero-order chi connectivity index (χ0) is 21.3. The van der Waals surface area contributed by atoms with Crippen LogP contribution in [0.25, 0.3) is 5.69 Å². The number of piperidine rings is 1. The van der Waals surface area contributed by atoms with Crippen molar-refractivity contribution in [2.75, 3.05) is 18.4 Å². The van der Waals surface area contributed by atoms with E-state index in [2.05, 4.69) is 61.6 Å². The molecule has 5 nitrogen and oxygen atoms in total. The Labute approximate surface area is 178 Å². The summed E-state index contributed by atoms with van der Waals surface area (Å²) in [5.41, 5.74) is 8.36. The monoisotopic (exact) mass is 402 g/mol. The van der Waals surface area contributed by atoms with Crippen LogP contribution in [-0.4, -0.2) is 28.8 Å². The van der Waals surface area contributed by atoms with Gasteiger partial charge in [-0.3, -0.25) is 4.79 Å². The Hall–Kier alpha value is -2.92. The first-order chi connectivity index (χ1) is 14.4. The first kappa shape index (κ1) is 20.4. The predicted octanol–water partition coefficient (Wildman–Crippen LogP) is 4.83. The molecule has 0 spiro atoms. The number of hydrogen-bond acceptors (Lipinski definition) is 3. The van der Waals surface area contributed by atoms with Crippen molar-refractivity contribution in [3.05, 3.63) is 76.1 Å². The molecule has 2 aromatic carbocycles. The fourth-order valence-corrected chi connectivity index (χ4v) is 4.10. The zero-order valence-corrected chi connectivity index (χ0v) is 18.2. The smallest absolute Gasteiger partial charge is 0.259 e. The summed E-state index contributed by atoms with van der Waals surface area (Å²) in [5.74, 6) is 0.206. The quantitative estimate of drug-likeness (QED) is 0.657. The molecule has 1 saturated heterocycles. The number of aromatic nitrogens is 2. The molecule has 0 bridgehead atoms. The Kier molecular flexibility index (Phi) is 5.73. The van der Waals surface area contributed by atoms with E-state index in [1.165, 1.54) is 16.7 Å². The van der Waals surface area contributed by atoms with E-state index in [1.807, 2.05) is 22.9 Å². The van der Waals surface area contributed by atoms with E-state index < -0.39 is 0 Å². The van der Waals surface area contributed by atoms with Crippen LogP contribution in [0.2, 0.25) is 0 Å². The van der Waals surface area contributed by atoms with Crippen molar-refractivity contribution in [1.82, 2.24) is 15.1 Å². The molecular weight excluding hydrogens is 372 g/mol. The van der Waals surface area contributed by atoms with Crippen molar-refractivity contribution in [2.45, 2.75) is 46.5 Å². The topological polar surface area (TPSA) is 59.0 Å². The fourth-order valence-electron chi connectivity index (χ4n) is 4.10. The van der Waals surface area contributed by atoms with Gasteiger partial charge in [-0.1, -0.05) is 12.1 Å². The first-order valence-corrected chi connectivity index (χ1v) is 10.7. The summed E-state index contributed by atoms with van der Waals surface area (Å²) in [7, 11) is 0. The molecule has 2 heterocycles. The molecule has 0 saturated carbocycles. The number of aryl methyl sites for hydroxylation is 4. The zero-order valence-electron chi connectivity index (χ0n) is 18.2. The normalized spacial score (nSPS) is 14.7. The summed E-state index contributed by atoms with van der Waals surface area (Å²) in [6.07, 6.45) is 3.73. The highest BCUT2D eigenvalue weighted by molar-refractivity contribution is 6.05. The standard InChI is InChI=1S/C25H30N4O/c1-16-5-7-21(13-18(16)3)28-25(30)23-15-27-29(22-8-6-17(2)19(4)14-22)24(23)20-9-11-26-12-10-20/h5-8,13-15,20,26H,9-12H2,1-4H3,(H,28,30). The minimum atomic E-state index is -0.0955. The highest BCUT2D eigenvalue weighted by atomic mass is 16.1. The van der Waals surface area contributed by atoms with Gasteiger partial charge >= 0.3 is 0 Å². The van der Waals surface area contributed by atoms with Crippen molar-refractivity contribution in [3.8, 4) is 5.69 Å². The van der Waals surface area contributed by atoms with Gasteiger partial charge in [0, 0.05) is 11.6 Å². The number of anilines is 1. The second-order valence-corrected chi connectivity index (χ2v) is 8.40. The lowest BCUT2D eigenvalue weighted by Gasteiger charge is -2.25. The van der Waals surface area contributed by atoms with Gasteiger partial charge in [0.25, 0.3) is 5.91 Å². The van der Waals surface area contributed by atoms with Gasteiger partial charge in [0.15, 0.2) is 0 Å². The van der Waals surface area contributed by atoms with E-state index in [9.17, 15) is 4.79 Å². The lowest BCUT2D eigenvalue weighted by Crippen LogP contribution is -2.29. The third-order valence-corrected chi connectivity index (χ3v) is 6.28. The van der Waals surface area contributed by atoms with Gasteiger partial charge in [-0.2, -0.15) is 5.10 Å². The number of rotatable bonds is 4. The Bertz CT molecular complexity index is 1080. The maximum absolute atomic E-state index is 13.3. The molecule has 1 aliphatic rings. The molecule has 0 unspecified atom stereocenters. The molecule has 1 aliphatic heterocycles. The van der Waals surface area contributed by atoms with Crippen LogP contribution in [0.3, 0.4) is 0 Å². The number of carbonyl (C=O) groups is 1. The minimum absolute atomic E-state index is 0.0955. The summed E-state index contributed by atoms with van der Waals surface area (Å²) in [6.45, 7) is 10.3. The SMILES string of the molecule is Cc1ccc(NC(=O)c2cnn(-c3ccc(C)c(C)c3)c2C2CCNCC2)cc1C. The predicted molar refractivity (Wildman–Crippen MR) is 122 cm³/mol. The van der Waals surface area contributed by atoms with Crippen molar-refractivity contribution in [3.63, 3.8) is 0 Å². The molecule has 3 aromatic rings. The molecule has 0 aliphatic carbocycles. The number of benzene rings is 2. The summed E-state index contributed by atoms with van der Waals surface area (Å²) in [4.78, 5) is 13.3. The van der Waals surface area contributed by atoms with E-state index in [-0.39, 0.29) is 5.91 Å². The number of carbonyl (C=O) groups excluding carboxylic acids is 1. The summed E-state index contributed by atoms with van der Waals surface area (Å²) >= 11 is 0. The third-order valence-electron chi connectivity index (χ3n) is 6.28. The molecule has 0 atom stereocenters. The van der Waals surface area contributed by atoms with Gasteiger partial charge < -0.3 is 10.6 Å². The van der Waals surface area contributed by atoms with E-state index >= 15 is 0 Å². The maximum Gasteiger partial charge on any atom is 0.259 e. The summed E-state index contributed by atoms with van der Waals surface area (Å²) in [5, 5.41) is 11.2. The van der Waals surface area contributed by atoms with Crippen molar-refractivity contribution < 1.29 is 4.79 Å². The van der Waals surface area contributed by atoms with Gasteiger partial charge in [0.05, 0.1) is 23.1 Å². The molecule has 1 fully saturated rings. The highest BCUT2D eigenvalue weighted by Gasteiger charge is 2.27. The average Bonchev–Trinajstić information content (AvgIpc) is 3.19. The number of nitrogens with zero attached hydrogens (tertiary/aromatic N) is 2. The molecule has 1 amide bonds. The van der Waals surface area contributed by atoms with Gasteiger partial charge in [-0.25, -0.2) is 4.68 Å². The fraction of sp³-hybridized carbons (Fsp3) is 0.360. The molecular formula is C25H30N4O. The average molecular weight is 403 g/mol. The van der Waals surface area contributed by atoms with Crippen molar-refractivity contribution in [2.24, 2.45) is 0 Å². The van der Waals surface area contributed by atoms with Gasteiger partial charge in [-0.05, 0) is 100 Å². The van der Waals surface area contributed by atoms with Crippen molar-refractivity contribution >= 4 is 11.6 Å². The summed E-state index contributed by atoms with van der Waals surface area (Å²) in [6, 6.07) is 12.4. The molecule has 30 heavy (non-hydrogen) atoms. The van der Waals surface area contributed by atoms with E-state index in [4.69, 9.17) is 0 Å². The molecule has 0 radical (unpaired) electrons. The first-order valence-electron chi connectivity index (χ1n) is 10.7. The van der Waals surface area contributed by atoms with Crippen LogP contribution in [0, 0.1) is 27.7 Å². The molecule has 156 valence electrons. The highest BCUT2D eigenvalue weighted by Crippen LogP contribution is 2.31. The Balaban J connectivity index is 1.73. The Morgan fingerprint density at radius 2 is 1.63 bits per heavy atom. The van der Waals surface area contributed by atoms with Crippen LogP contribution in [0.1, 0.15) is 57.1 Å². The number of hydrogen-bond donors (Lipinski definition) is 2. The summed E-state index contributed by atoms with van der Waals surface area (Å²) < 4.78 is 1.97. The Morgan fingerprint density at radius 3 is 2.30 bits per heavy atom. The number of nitrogens with one attached hydrogen (secondary N) is 2. The second kappa shape index (κ2) is 8.44. The van der Waals surface area contributed by atoms with E-state index in [0.29, 0.717) is 11.5 Å². The molecule has 1 aromatic heterocycles. The van der Waals surface area contributed by atoms with Gasteiger partial charge in [0.2, 0.25) is 0 Å². The molecule has 2 N–H and O–H groups in total. The Morgan fingerprint density at radius 1 is 0.967 bits per heavy atom. The second-order valence-electron chi connectivity index (χ2n) is 8.40. The van der Waals surface area contributed by atoms with Gasteiger partial charge in [-0.15, -0.1) is 0 Å². The van der Waals surface area contributed by atoms with E-state index in [1.54, 1.807) is 6.20 Å². The lowest BCUT2D eigenvalue weighted by atomic mass is 9.91. The third kappa shape index (κ3) is 4.03. The minimum Gasteiger partial charge on any atom is -0.322 e. The van der Waals surface area contributed by atoms with Crippen LogP contribution >= 0.6 is 0 Å². The molecule has 4 rings (SSSR count). The van der Waals surface area contributed by atoms with Crippen LogP contribution in [0.4, 0.5) is 5.69 Å². The van der Waals surface area contributed by atoms with E-state index in [0.717, 1.165) is 48.6 Å². The molecule has 5 heteroatoms. The van der Waals surface area contributed by atoms with Crippen LogP contribution in [-0.2, 0) is 0 Å².